The zero-order chi connectivity index (χ0) is 18.7. The highest BCUT2D eigenvalue weighted by molar-refractivity contribution is 7.92. The summed E-state index contributed by atoms with van der Waals surface area (Å²) in [5, 5.41) is 0.457. The van der Waals surface area contributed by atoms with E-state index in [2.05, 4.69) is 0 Å². The first kappa shape index (κ1) is 18.7. The molecule has 2 aromatic rings. The van der Waals surface area contributed by atoms with E-state index in [0.29, 0.717) is 23.8 Å². The van der Waals surface area contributed by atoms with Crippen molar-refractivity contribution < 1.29 is 13.2 Å². The highest BCUT2D eigenvalue weighted by atomic mass is 35.5. The molecular formula is C19H21ClN2O3S. The monoisotopic (exact) mass is 392 g/mol. The summed E-state index contributed by atoms with van der Waals surface area (Å²) < 4.78 is 27.6. The van der Waals surface area contributed by atoms with Crippen molar-refractivity contribution in [2.75, 3.05) is 23.9 Å². The lowest BCUT2D eigenvalue weighted by Gasteiger charge is -2.26. The highest BCUT2D eigenvalue weighted by Gasteiger charge is 2.29. The fraction of sp³-hybridized carbons (Fsp3) is 0.316. The van der Waals surface area contributed by atoms with Crippen LogP contribution in [0.25, 0.3) is 0 Å². The van der Waals surface area contributed by atoms with Gasteiger partial charge < -0.3 is 4.90 Å². The molecule has 0 saturated carbocycles. The Bertz CT molecular complexity index is 874. The van der Waals surface area contributed by atoms with E-state index in [1.165, 1.54) is 28.6 Å². The molecule has 0 aliphatic carbocycles. The standard InChI is InChI=1S/C19H21ClN2O3S/c1-15-4-8-17(9-5-15)22(14-19(23)21-12-2-3-13-21)26(24,25)18-10-6-16(20)7-11-18/h4-11H,2-3,12-14H2,1H3. The molecule has 3 rings (SSSR count). The Labute approximate surface area is 159 Å². The normalized spacial score (nSPS) is 14.5. The average Bonchev–Trinajstić information content (AvgIpc) is 3.15. The van der Waals surface area contributed by atoms with E-state index in [1.54, 1.807) is 17.0 Å². The summed E-state index contributed by atoms with van der Waals surface area (Å²) in [4.78, 5) is 14.5. The summed E-state index contributed by atoms with van der Waals surface area (Å²) >= 11 is 5.88. The molecule has 2 aromatic carbocycles. The first-order valence-corrected chi connectivity index (χ1v) is 10.3. The van der Waals surface area contributed by atoms with Gasteiger partial charge in [0.25, 0.3) is 10.0 Å². The van der Waals surface area contributed by atoms with Crippen molar-refractivity contribution >= 4 is 33.2 Å². The van der Waals surface area contributed by atoms with Crippen molar-refractivity contribution in [2.24, 2.45) is 0 Å². The molecule has 0 N–H and O–H groups in total. The lowest BCUT2D eigenvalue weighted by atomic mass is 10.2. The molecule has 0 unspecified atom stereocenters. The molecule has 0 atom stereocenters. The summed E-state index contributed by atoms with van der Waals surface area (Å²) in [7, 11) is -3.88. The summed E-state index contributed by atoms with van der Waals surface area (Å²) in [5.74, 6) is -0.180. The van der Waals surface area contributed by atoms with Crippen LogP contribution in [0.1, 0.15) is 18.4 Å². The minimum atomic E-state index is -3.88. The number of carbonyl (C=O) groups excluding carboxylic acids is 1. The van der Waals surface area contributed by atoms with Crippen LogP contribution in [0.2, 0.25) is 5.02 Å². The summed E-state index contributed by atoms with van der Waals surface area (Å²) in [6.07, 6.45) is 1.92. The number of amides is 1. The maximum Gasteiger partial charge on any atom is 0.264 e. The van der Waals surface area contributed by atoms with Crippen LogP contribution >= 0.6 is 11.6 Å². The summed E-state index contributed by atoms with van der Waals surface area (Å²) in [6.45, 7) is 3.08. The van der Waals surface area contributed by atoms with Crippen LogP contribution in [0.15, 0.2) is 53.4 Å². The molecule has 1 fully saturated rings. The molecule has 26 heavy (non-hydrogen) atoms. The number of likely N-dealkylation sites (tertiary alicyclic amines) is 1. The third kappa shape index (κ3) is 4.02. The first-order valence-electron chi connectivity index (χ1n) is 8.51. The van der Waals surface area contributed by atoms with E-state index in [9.17, 15) is 13.2 Å². The molecule has 5 nitrogen and oxygen atoms in total. The van der Waals surface area contributed by atoms with Gasteiger partial charge in [0, 0.05) is 18.1 Å². The quantitative estimate of drug-likeness (QED) is 0.782. The fourth-order valence-electron chi connectivity index (χ4n) is 2.95. The molecule has 1 aliphatic rings. The third-order valence-corrected chi connectivity index (χ3v) is 6.50. The predicted octanol–water partition coefficient (Wildman–Crippen LogP) is 3.47. The Kier molecular flexibility index (Phi) is 5.53. The van der Waals surface area contributed by atoms with Gasteiger partial charge in [-0.1, -0.05) is 29.3 Å². The van der Waals surface area contributed by atoms with Crippen molar-refractivity contribution in [1.29, 1.82) is 0 Å². The van der Waals surface area contributed by atoms with Crippen LogP contribution in [0.5, 0.6) is 0 Å². The van der Waals surface area contributed by atoms with Gasteiger partial charge >= 0.3 is 0 Å². The van der Waals surface area contributed by atoms with E-state index >= 15 is 0 Å². The molecule has 0 spiro atoms. The summed E-state index contributed by atoms with van der Waals surface area (Å²) in [6, 6.07) is 13.1. The Morgan fingerprint density at radius 3 is 2.19 bits per heavy atom. The number of sulfonamides is 1. The zero-order valence-corrected chi connectivity index (χ0v) is 16.1. The number of nitrogens with zero attached hydrogens (tertiary/aromatic N) is 2. The van der Waals surface area contributed by atoms with Crippen LogP contribution < -0.4 is 4.31 Å². The van der Waals surface area contributed by atoms with Gasteiger partial charge in [-0.05, 0) is 56.2 Å². The van der Waals surface area contributed by atoms with Crippen LogP contribution in [0.3, 0.4) is 0 Å². The topological polar surface area (TPSA) is 57.7 Å². The SMILES string of the molecule is Cc1ccc(N(CC(=O)N2CCCC2)S(=O)(=O)c2ccc(Cl)cc2)cc1. The van der Waals surface area contributed by atoms with Crippen LogP contribution in [-0.4, -0.2) is 38.9 Å². The average molecular weight is 393 g/mol. The molecule has 0 radical (unpaired) electrons. The van der Waals surface area contributed by atoms with E-state index in [1.807, 2.05) is 19.1 Å². The number of rotatable bonds is 5. The van der Waals surface area contributed by atoms with Crippen molar-refractivity contribution in [3.8, 4) is 0 Å². The largest absolute Gasteiger partial charge is 0.341 e. The Hall–Kier alpha value is -2.05. The second-order valence-corrected chi connectivity index (χ2v) is 8.69. The van der Waals surface area contributed by atoms with E-state index in [-0.39, 0.29) is 17.3 Å². The molecule has 0 bridgehead atoms. The number of benzene rings is 2. The second kappa shape index (κ2) is 7.68. The number of aryl methyl sites for hydroxylation is 1. The highest BCUT2D eigenvalue weighted by Crippen LogP contribution is 2.25. The van der Waals surface area contributed by atoms with Gasteiger partial charge in [0.05, 0.1) is 10.6 Å². The minimum Gasteiger partial charge on any atom is -0.341 e. The summed E-state index contributed by atoms with van der Waals surface area (Å²) in [5.41, 5.74) is 1.49. The van der Waals surface area contributed by atoms with E-state index in [4.69, 9.17) is 11.6 Å². The number of carbonyl (C=O) groups is 1. The molecule has 0 aromatic heterocycles. The van der Waals surface area contributed by atoms with Crippen LogP contribution in [0, 0.1) is 6.92 Å². The van der Waals surface area contributed by atoms with Crippen LogP contribution in [0.4, 0.5) is 5.69 Å². The molecule has 138 valence electrons. The zero-order valence-electron chi connectivity index (χ0n) is 14.6. The Morgan fingerprint density at radius 2 is 1.62 bits per heavy atom. The Balaban J connectivity index is 1.97. The maximum atomic E-state index is 13.2. The molecule has 7 heteroatoms. The van der Waals surface area contributed by atoms with Crippen LogP contribution in [-0.2, 0) is 14.8 Å². The van der Waals surface area contributed by atoms with Gasteiger partial charge in [0.1, 0.15) is 6.54 Å². The fourth-order valence-corrected chi connectivity index (χ4v) is 4.49. The van der Waals surface area contributed by atoms with Gasteiger partial charge in [0.2, 0.25) is 5.91 Å². The van der Waals surface area contributed by atoms with Crippen molar-refractivity contribution in [3.05, 3.63) is 59.1 Å². The van der Waals surface area contributed by atoms with Gasteiger partial charge in [0.15, 0.2) is 0 Å². The molecule has 1 saturated heterocycles. The van der Waals surface area contributed by atoms with Gasteiger partial charge in [-0.2, -0.15) is 0 Å². The molecule has 1 heterocycles. The smallest absolute Gasteiger partial charge is 0.264 e. The van der Waals surface area contributed by atoms with Gasteiger partial charge in [-0.3, -0.25) is 9.10 Å². The number of hydrogen-bond donors (Lipinski definition) is 0. The number of anilines is 1. The third-order valence-electron chi connectivity index (χ3n) is 4.46. The maximum absolute atomic E-state index is 13.2. The van der Waals surface area contributed by atoms with Crippen molar-refractivity contribution in [2.45, 2.75) is 24.7 Å². The number of halogens is 1. The van der Waals surface area contributed by atoms with E-state index < -0.39 is 10.0 Å². The second-order valence-electron chi connectivity index (χ2n) is 6.39. The molecular weight excluding hydrogens is 372 g/mol. The van der Waals surface area contributed by atoms with Gasteiger partial charge in [-0.15, -0.1) is 0 Å². The first-order chi connectivity index (χ1) is 12.4. The Morgan fingerprint density at radius 1 is 1.04 bits per heavy atom. The van der Waals surface area contributed by atoms with Crippen molar-refractivity contribution in [1.82, 2.24) is 4.90 Å². The lowest BCUT2D eigenvalue weighted by molar-refractivity contribution is -0.128. The van der Waals surface area contributed by atoms with E-state index in [0.717, 1.165) is 18.4 Å². The molecule has 1 aliphatic heterocycles. The molecule has 1 amide bonds. The minimum absolute atomic E-state index is 0.108. The van der Waals surface area contributed by atoms with Gasteiger partial charge in [-0.25, -0.2) is 8.42 Å². The number of hydrogen-bond acceptors (Lipinski definition) is 3. The predicted molar refractivity (Wildman–Crippen MR) is 103 cm³/mol. The van der Waals surface area contributed by atoms with Crippen molar-refractivity contribution in [3.63, 3.8) is 0 Å². The lowest BCUT2D eigenvalue weighted by Crippen LogP contribution is -2.42.